The SMILES string of the molecule is CC(Cl)c1nc2c(Cl)cccc2n1CC(C)(C)S(C)(=O)=O. The minimum absolute atomic E-state index is 0.273. The summed E-state index contributed by atoms with van der Waals surface area (Å²) in [7, 11) is -3.22. The van der Waals surface area contributed by atoms with Gasteiger partial charge in [0, 0.05) is 12.8 Å². The number of hydrogen-bond donors (Lipinski definition) is 0. The van der Waals surface area contributed by atoms with Crippen LogP contribution in [-0.2, 0) is 16.4 Å². The van der Waals surface area contributed by atoms with E-state index >= 15 is 0 Å². The molecule has 116 valence electrons. The molecular formula is C14H18Cl2N2O2S. The van der Waals surface area contributed by atoms with Gasteiger partial charge in [-0.3, -0.25) is 0 Å². The molecule has 1 aromatic carbocycles. The maximum atomic E-state index is 12.0. The van der Waals surface area contributed by atoms with Crippen molar-refractivity contribution >= 4 is 44.1 Å². The Hall–Kier alpha value is -0.780. The van der Waals surface area contributed by atoms with E-state index in [-0.39, 0.29) is 11.9 Å². The number of imidazole rings is 1. The van der Waals surface area contributed by atoms with Crippen LogP contribution in [0.1, 0.15) is 32.0 Å². The number of alkyl halides is 1. The third-order valence-electron chi connectivity index (χ3n) is 3.66. The Morgan fingerprint density at radius 3 is 2.52 bits per heavy atom. The molecule has 0 amide bonds. The van der Waals surface area contributed by atoms with Gasteiger partial charge >= 0.3 is 0 Å². The number of nitrogens with zero attached hydrogens (tertiary/aromatic N) is 2. The lowest BCUT2D eigenvalue weighted by Gasteiger charge is -2.25. The molecule has 0 fully saturated rings. The average molecular weight is 349 g/mol. The number of para-hydroxylation sites is 1. The summed E-state index contributed by atoms with van der Waals surface area (Å²) in [6.07, 6.45) is 1.24. The van der Waals surface area contributed by atoms with Crippen LogP contribution in [-0.4, -0.2) is 29.0 Å². The summed E-state index contributed by atoms with van der Waals surface area (Å²) in [5, 5.41) is 0.186. The fourth-order valence-corrected chi connectivity index (χ4v) is 2.84. The van der Waals surface area contributed by atoms with E-state index in [1.807, 2.05) is 16.7 Å². The van der Waals surface area contributed by atoms with Crippen LogP contribution in [0.2, 0.25) is 5.02 Å². The van der Waals surface area contributed by atoms with Gasteiger partial charge in [0.1, 0.15) is 11.3 Å². The van der Waals surface area contributed by atoms with E-state index in [0.29, 0.717) is 16.4 Å². The molecule has 1 aromatic heterocycles. The molecule has 2 aromatic rings. The van der Waals surface area contributed by atoms with E-state index in [4.69, 9.17) is 23.2 Å². The summed E-state index contributed by atoms with van der Waals surface area (Å²) in [6, 6.07) is 5.44. The first kappa shape index (κ1) is 16.6. The first-order chi connectivity index (χ1) is 9.54. The number of aromatic nitrogens is 2. The standard InChI is InChI=1S/C14H18Cl2N2O2S/c1-9(15)13-17-12-10(16)6-5-7-11(12)18(13)8-14(2,3)21(4,19)20/h5-7,9H,8H2,1-4H3. The predicted octanol–water partition coefficient (Wildman–Crippen LogP) is 3.81. The summed E-state index contributed by atoms with van der Waals surface area (Å²) in [4.78, 5) is 4.48. The van der Waals surface area contributed by atoms with Crippen molar-refractivity contribution in [3.63, 3.8) is 0 Å². The normalized spacial score (nSPS) is 14.6. The lowest BCUT2D eigenvalue weighted by molar-refractivity contribution is 0.499. The summed E-state index contributed by atoms with van der Waals surface area (Å²) in [6.45, 7) is 5.47. The molecule has 0 saturated carbocycles. The van der Waals surface area contributed by atoms with Crippen molar-refractivity contribution < 1.29 is 8.42 Å². The van der Waals surface area contributed by atoms with Crippen LogP contribution in [0.4, 0.5) is 0 Å². The fraction of sp³-hybridized carbons (Fsp3) is 0.500. The largest absolute Gasteiger partial charge is 0.325 e. The van der Waals surface area contributed by atoms with E-state index in [1.54, 1.807) is 26.8 Å². The molecule has 1 heterocycles. The Morgan fingerprint density at radius 2 is 2.00 bits per heavy atom. The number of rotatable bonds is 4. The van der Waals surface area contributed by atoms with Crippen molar-refractivity contribution in [3.05, 3.63) is 29.0 Å². The molecular weight excluding hydrogens is 331 g/mol. The highest BCUT2D eigenvalue weighted by atomic mass is 35.5. The van der Waals surface area contributed by atoms with Gasteiger partial charge in [0.2, 0.25) is 0 Å². The van der Waals surface area contributed by atoms with Crippen LogP contribution in [0, 0.1) is 0 Å². The maximum absolute atomic E-state index is 12.0. The van der Waals surface area contributed by atoms with Crippen molar-refractivity contribution in [3.8, 4) is 0 Å². The number of benzene rings is 1. The zero-order chi connectivity index (χ0) is 16.0. The van der Waals surface area contributed by atoms with E-state index in [1.165, 1.54) is 6.26 Å². The van der Waals surface area contributed by atoms with Gasteiger partial charge in [-0.05, 0) is 32.9 Å². The lowest BCUT2D eigenvalue weighted by Crippen LogP contribution is -2.36. The van der Waals surface area contributed by atoms with Crippen molar-refractivity contribution in [2.45, 2.75) is 37.4 Å². The van der Waals surface area contributed by atoms with Crippen LogP contribution < -0.4 is 0 Å². The van der Waals surface area contributed by atoms with E-state index in [0.717, 1.165) is 5.52 Å². The zero-order valence-corrected chi connectivity index (χ0v) is 14.7. The van der Waals surface area contributed by atoms with Gasteiger partial charge in [-0.2, -0.15) is 0 Å². The summed E-state index contributed by atoms with van der Waals surface area (Å²) >= 11 is 12.4. The van der Waals surface area contributed by atoms with Crippen LogP contribution >= 0.6 is 23.2 Å². The molecule has 4 nitrogen and oxygen atoms in total. The quantitative estimate of drug-likeness (QED) is 0.789. The molecule has 7 heteroatoms. The second-order valence-corrected chi connectivity index (χ2v) is 9.52. The van der Waals surface area contributed by atoms with Crippen molar-refractivity contribution in [2.24, 2.45) is 0 Å². The number of fused-ring (bicyclic) bond motifs is 1. The van der Waals surface area contributed by atoms with Gasteiger partial charge in [0.05, 0.1) is 20.7 Å². The molecule has 0 aliphatic heterocycles. The van der Waals surface area contributed by atoms with Gasteiger partial charge in [-0.25, -0.2) is 13.4 Å². The molecule has 2 rings (SSSR count). The molecule has 1 atom stereocenters. The fourth-order valence-electron chi connectivity index (χ4n) is 2.10. The number of halogens is 2. The smallest absolute Gasteiger partial charge is 0.154 e. The molecule has 0 aliphatic rings. The minimum Gasteiger partial charge on any atom is -0.325 e. The summed E-state index contributed by atoms with van der Waals surface area (Å²) < 4.78 is 24.9. The highest BCUT2D eigenvalue weighted by molar-refractivity contribution is 7.92. The third kappa shape index (κ3) is 3.05. The molecule has 0 saturated heterocycles. The van der Waals surface area contributed by atoms with Crippen molar-refractivity contribution in [2.75, 3.05) is 6.26 Å². The predicted molar refractivity (Wildman–Crippen MR) is 87.9 cm³/mol. The van der Waals surface area contributed by atoms with Crippen molar-refractivity contribution in [1.29, 1.82) is 0 Å². The highest BCUT2D eigenvalue weighted by Crippen LogP contribution is 2.31. The molecule has 0 radical (unpaired) electrons. The van der Waals surface area contributed by atoms with E-state index in [9.17, 15) is 8.42 Å². The van der Waals surface area contributed by atoms with E-state index < -0.39 is 14.6 Å². The Balaban J connectivity index is 2.68. The molecule has 0 aliphatic carbocycles. The third-order valence-corrected chi connectivity index (χ3v) is 6.29. The average Bonchev–Trinajstić information content (AvgIpc) is 2.68. The van der Waals surface area contributed by atoms with Gasteiger partial charge < -0.3 is 4.57 Å². The van der Waals surface area contributed by atoms with Crippen molar-refractivity contribution in [1.82, 2.24) is 9.55 Å². The maximum Gasteiger partial charge on any atom is 0.154 e. The molecule has 0 bridgehead atoms. The van der Waals surface area contributed by atoms with Gasteiger partial charge in [0.25, 0.3) is 0 Å². The monoisotopic (exact) mass is 348 g/mol. The Bertz CT molecular complexity index is 780. The summed E-state index contributed by atoms with van der Waals surface area (Å²) in [5.41, 5.74) is 1.44. The molecule has 0 N–H and O–H groups in total. The van der Waals surface area contributed by atoms with Gasteiger partial charge in [0.15, 0.2) is 9.84 Å². The van der Waals surface area contributed by atoms with Crippen LogP contribution in [0.3, 0.4) is 0 Å². The van der Waals surface area contributed by atoms with Gasteiger partial charge in [-0.1, -0.05) is 17.7 Å². The Labute approximate surface area is 135 Å². The first-order valence-electron chi connectivity index (χ1n) is 6.53. The molecule has 21 heavy (non-hydrogen) atoms. The van der Waals surface area contributed by atoms with Crippen LogP contribution in [0.5, 0.6) is 0 Å². The van der Waals surface area contributed by atoms with E-state index in [2.05, 4.69) is 4.98 Å². The highest BCUT2D eigenvalue weighted by Gasteiger charge is 2.32. The molecule has 1 unspecified atom stereocenters. The minimum atomic E-state index is -3.22. The second kappa shape index (κ2) is 5.45. The first-order valence-corrected chi connectivity index (χ1v) is 9.23. The topological polar surface area (TPSA) is 52.0 Å². The zero-order valence-electron chi connectivity index (χ0n) is 12.4. The lowest BCUT2D eigenvalue weighted by atomic mass is 10.2. The van der Waals surface area contributed by atoms with Crippen LogP contribution in [0.25, 0.3) is 11.0 Å². The second-order valence-electron chi connectivity index (χ2n) is 5.81. The van der Waals surface area contributed by atoms with Gasteiger partial charge in [-0.15, -0.1) is 11.6 Å². The number of sulfone groups is 1. The summed E-state index contributed by atoms with van der Waals surface area (Å²) in [5.74, 6) is 0.622. The Kier molecular flexibility index (Phi) is 4.30. The Morgan fingerprint density at radius 1 is 1.38 bits per heavy atom. The number of hydrogen-bond acceptors (Lipinski definition) is 3. The van der Waals surface area contributed by atoms with Crippen LogP contribution in [0.15, 0.2) is 18.2 Å². The molecule has 0 spiro atoms.